The van der Waals surface area contributed by atoms with Gasteiger partial charge >= 0.3 is 6.18 Å². The van der Waals surface area contributed by atoms with E-state index in [4.69, 9.17) is 0 Å². The quantitative estimate of drug-likeness (QED) is 0.250. The molecule has 0 saturated heterocycles. The number of oxime groups is 1. The highest BCUT2D eigenvalue weighted by Crippen LogP contribution is 2.40. The van der Waals surface area contributed by atoms with Crippen LogP contribution in [0.3, 0.4) is 0 Å². The minimum absolute atomic E-state index is 0.0303. The Labute approximate surface area is 207 Å². The van der Waals surface area contributed by atoms with E-state index in [9.17, 15) is 26.8 Å². The Bertz CT molecular complexity index is 1440. The van der Waals surface area contributed by atoms with E-state index >= 15 is 0 Å². The SMILES string of the molecule is CC(=NO)c1ccc2c(c1)N(S(=O)(=O)c1ccc(C(C)(C)C)cc1)Cc1ccc(C(F)(F)F)nc1N2. The summed E-state index contributed by atoms with van der Waals surface area (Å²) >= 11 is 0. The second-order valence-electron chi connectivity index (χ2n) is 9.53. The van der Waals surface area contributed by atoms with Crippen LogP contribution in [0.15, 0.2) is 64.6 Å². The second-order valence-corrected chi connectivity index (χ2v) is 11.4. The minimum atomic E-state index is -4.66. The summed E-state index contributed by atoms with van der Waals surface area (Å²) in [5.74, 6) is -0.0906. The Balaban J connectivity index is 1.89. The number of halogens is 3. The number of fused-ring (bicyclic) bond motifs is 2. The van der Waals surface area contributed by atoms with Crippen LogP contribution in [0.1, 0.15) is 50.1 Å². The minimum Gasteiger partial charge on any atom is -0.411 e. The van der Waals surface area contributed by atoms with Crippen LogP contribution < -0.4 is 9.62 Å². The summed E-state index contributed by atoms with van der Waals surface area (Å²) in [6, 6.07) is 13.2. The normalized spacial score (nSPS) is 14.5. The molecule has 0 atom stereocenters. The van der Waals surface area contributed by atoms with Gasteiger partial charge in [-0.3, -0.25) is 4.31 Å². The fraction of sp³-hybridized carbons (Fsp3) is 0.280. The van der Waals surface area contributed by atoms with Crippen LogP contribution in [-0.2, 0) is 28.2 Å². The monoisotopic (exact) mass is 518 g/mol. The van der Waals surface area contributed by atoms with Gasteiger partial charge in [0, 0.05) is 11.1 Å². The lowest BCUT2D eigenvalue weighted by atomic mass is 9.87. The molecule has 1 aliphatic rings. The van der Waals surface area contributed by atoms with Gasteiger partial charge in [-0.1, -0.05) is 50.2 Å². The van der Waals surface area contributed by atoms with E-state index in [1.54, 1.807) is 25.1 Å². The maximum atomic E-state index is 13.9. The molecule has 0 fully saturated rings. The number of nitrogens with one attached hydrogen (secondary N) is 1. The van der Waals surface area contributed by atoms with Gasteiger partial charge in [0.05, 0.1) is 28.5 Å². The molecule has 3 aromatic rings. The smallest absolute Gasteiger partial charge is 0.411 e. The van der Waals surface area contributed by atoms with E-state index in [1.165, 1.54) is 30.3 Å². The average Bonchev–Trinajstić information content (AvgIpc) is 2.98. The molecule has 0 saturated carbocycles. The zero-order chi connectivity index (χ0) is 26.5. The first kappa shape index (κ1) is 25.5. The summed E-state index contributed by atoms with van der Waals surface area (Å²) in [4.78, 5) is 3.75. The number of sulfonamides is 1. The third-order valence-corrected chi connectivity index (χ3v) is 7.75. The molecule has 0 radical (unpaired) electrons. The van der Waals surface area contributed by atoms with Gasteiger partial charge in [0.2, 0.25) is 0 Å². The van der Waals surface area contributed by atoms with E-state index in [2.05, 4.69) is 15.5 Å². The van der Waals surface area contributed by atoms with Gasteiger partial charge in [0.25, 0.3) is 10.0 Å². The summed E-state index contributed by atoms with van der Waals surface area (Å²) in [7, 11) is -4.15. The summed E-state index contributed by atoms with van der Waals surface area (Å²) in [5, 5.41) is 15.3. The number of alkyl halides is 3. The number of pyridine rings is 1. The van der Waals surface area contributed by atoms with Crippen LogP contribution in [0, 0.1) is 0 Å². The van der Waals surface area contributed by atoms with Crippen molar-refractivity contribution in [1.82, 2.24) is 4.98 Å². The predicted octanol–water partition coefficient (Wildman–Crippen LogP) is 6.05. The highest BCUT2D eigenvalue weighted by molar-refractivity contribution is 7.92. The van der Waals surface area contributed by atoms with Crippen molar-refractivity contribution in [3.05, 3.63) is 77.0 Å². The molecule has 0 aliphatic carbocycles. The lowest BCUT2D eigenvalue weighted by Crippen LogP contribution is -2.30. The topological polar surface area (TPSA) is 94.9 Å². The molecular formula is C25H25F3N4O3S. The zero-order valence-corrected chi connectivity index (χ0v) is 20.9. The van der Waals surface area contributed by atoms with Crippen LogP contribution in [0.4, 0.5) is 30.4 Å². The van der Waals surface area contributed by atoms with Crippen molar-refractivity contribution < 1.29 is 26.8 Å². The zero-order valence-electron chi connectivity index (χ0n) is 20.1. The number of rotatable bonds is 3. The molecule has 0 unspecified atom stereocenters. The van der Waals surface area contributed by atoms with E-state index in [0.29, 0.717) is 5.56 Å². The van der Waals surface area contributed by atoms with E-state index in [-0.39, 0.29) is 45.3 Å². The number of hydrogen-bond donors (Lipinski definition) is 2. The third kappa shape index (κ3) is 4.75. The Morgan fingerprint density at radius 2 is 1.72 bits per heavy atom. The molecule has 2 N–H and O–H groups in total. The summed E-state index contributed by atoms with van der Waals surface area (Å²) in [5.41, 5.74) is 1.04. The molecular weight excluding hydrogens is 493 g/mol. The number of nitrogens with zero attached hydrogens (tertiary/aromatic N) is 3. The van der Waals surface area contributed by atoms with Crippen molar-refractivity contribution in [3.8, 4) is 0 Å². The fourth-order valence-electron chi connectivity index (χ4n) is 3.84. The van der Waals surface area contributed by atoms with Gasteiger partial charge in [-0.05, 0) is 48.2 Å². The number of anilines is 3. The number of aromatic nitrogens is 1. The molecule has 7 nitrogen and oxygen atoms in total. The Hall–Kier alpha value is -3.60. The van der Waals surface area contributed by atoms with E-state index in [1.807, 2.05) is 20.8 Å². The van der Waals surface area contributed by atoms with Gasteiger partial charge in [0.15, 0.2) is 0 Å². The van der Waals surface area contributed by atoms with Gasteiger partial charge in [-0.25, -0.2) is 13.4 Å². The molecule has 36 heavy (non-hydrogen) atoms. The van der Waals surface area contributed by atoms with Crippen LogP contribution >= 0.6 is 0 Å². The first-order valence-corrected chi connectivity index (χ1v) is 12.5. The lowest BCUT2D eigenvalue weighted by molar-refractivity contribution is -0.141. The van der Waals surface area contributed by atoms with Gasteiger partial charge < -0.3 is 10.5 Å². The van der Waals surface area contributed by atoms with Crippen molar-refractivity contribution in [2.75, 3.05) is 9.62 Å². The first-order chi connectivity index (χ1) is 16.7. The predicted molar refractivity (Wildman–Crippen MR) is 131 cm³/mol. The number of benzene rings is 2. The second kappa shape index (κ2) is 8.81. The maximum absolute atomic E-state index is 13.9. The summed E-state index contributed by atoms with van der Waals surface area (Å²) in [6.45, 7) is 7.32. The molecule has 0 bridgehead atoms. The fourth-order valence-corrected chi connectivity index (χ4v) is 5.30. The summed E-state index contributed by atoms with van der Waals surface area (Å²) in [6.07, 6.45) is -4.66. The van der Waals surface area contributed by atoms with E-state index in [0.717, 1.165) is 15.9 Å². The molecule has 0 spiro atoms. The van der Waals surface area contributed by atoms with Crippen LogP contribution in [-0.4, -0.2) is 24.3 Å². The van der Waals surface area contributed by atoms with Crippen molar-refractivity contribution in [3.63, 3.8) is 0 Å². The molecule has 2 aromatic carbocycles. The highest BCUT2D eigenvalue weighted by atomic mass is 32.2. The Kier molecular flexibility index (Phi) is 6.24. The van der Waals surface area contributed by atoms with Crippen LogP contribution in [0.25, 0.3) is 0 Å². The van der Waals surface area contributed by atoms with Crippen molar-refractivity contribution in [2.45, 2.75) is 50.7 Å². The molecule has 1 aliphatic heterocycles. The van der Waals surface area contributed by atoms with Gasteiger partial charge in [-0.2, -0.15) is 13.2 Å². The van der Waals surface area contributed by atoms with Crippen molar-refractivity contribution in [2.24, 2.45) is 5.16 Å². The van der Waals surface area contributed by atoms with Gasteiger partial charge in [-0.15, -0.1) is 0 Å². The standard InChI is InChI=1S/C25H25F3N4O3S/c1-15(31-33)16-5-11-20-21(13-16)32(14-17-6-12-22(25(26,27)28)30-23(17)29-20)36(34,35)19-9-7-18(8-10-19)24(2,3)4/h5-13,33H,14H2,1-4H3,(H,29,30). The molecule has 1 aromatic heterocycles. The largest absolute Gasteiger partial charge is 0.433 e. The molecule has 0 amide bonds. The van der Waals surface area contributed by atoms with Crippen LogP contribution in [0.5, 0.6) is 0 Å². The highest BCUT2D eigenvalue weighted by Gasteiger charge is 2.35. The molecule has 11 heteroatoms. The van der Waals surface area contributed by atoms with Crippen molar-refractivity contribution in [1.29, 1.82) is 0 Å². The number of hydrogen-bond acceptors (Lipinski definition) is 6. The first-order valence-electron chi connectivity index (χ1n) is 11.0. The Morgan fingerprint density at radius 3 is 2.31 bits per heavy atom. The molecule has 4 rings (SSSR count). The van der Waals surface area contributed by atoms with Gasteiger partial charge in [0.1, 0.15) is 11.5 Å². The molecule has 2 heterocycles. The van der Waals surface area contributed by atoms with E-state index < -0.39 is 21.9 Å². The third-order valence-electron chi connectivity index (χ3n) is 5.98. The summed E-state index contributed by atoms with van der Waals surface area (Å²) < 4.78 is 68.8. The van der Waals surface area contributed by atoms with Crippen molar-refractivity contribution >= 4 is 32.9 Å². The Morgan fingerprint density at radius 1 is 1.06 bits per heavy atom. The van der Waals surface area contributed by atoms with Crippen LogP contribution in [0.2, 0.25) is 0 Å². The molecule has 190 valence electrons. The lowest BCUT2D eigenvalue weighted by Gasteiger charge is -2.25. The maximum Gasteiger partial charge on any atom is 0.433 e. The average molecular weight is 519 g/mol.